The Morgan fingerprint density at radius 3 is 2.59 bits per heavy atom. The molecule has 0 radical (unpaired) electrons. The topological polar surface area (TPSA) is 90.9 Å². The highest BCUT2D eigenvalue weighted by molar-refractivity contribution is 5.75. The van der Waals surface area contributed by atoms with Gasteiger partial charge in [-0.25, -0.2) is 13.6 Å². The summed E-state index contributed by atoms with van der Waals surface area (Å²) < 4.78 is 31.6. The van der Waals surface area contributed by atoms with Gasteiger partial charge in [0.1, 0.15) is 0 Å². The number of benzene rings is 1. The predicted molar refractivity (Wildman–Crippen MR) is 94.3 cm³/mol. The van der Waals surface area contributed by atoms with Crippen LogP contribution in [0.1, 0.15) is 31.4 Å². The minimum absolute atomic E-state index is 0.0217. The first-order valence-corrected chi connectivity index (χ1v) is 8.80. The van der Waals surface area contributed by atoms with Crippen LogP contribution in [0.2, 0.25) is 0 Å². The molecular formula is C18H25F2N3O4. The van der Waals surface area contributed by atoms with E-state index in [2.05, 4.69) is 10.6 Å². The van der Waals surface area contributed by atoms with Gasteiger partial charge in [0.25, 0.3) is 0 Å². The molecule has 0 aromatic heterocycles. The van der Waals surface area contributed by atoms with E-state index in [1.807, 2.05) is 11.8 Å². The maximum absolute atomic E-state index is 13.4. The minimum Gasteiger partial charge on any atom is -0.480 e. The number of methoxy groups -OCH3 is 1. The van der Waals surface area contributed by atoms with Crippen LogP contribution in [-0.4, -0.2) is 60.9 Å². The zero-order chi connectivity index (χ0) is 20.0. The molecule has 1 atom stereocenters. The van der Waals surface area contributed by atoms with Crippen molar-refractivity contribution in [3.8, 4) is 0 Å². The minimum atomic E-state index is -0.990. The van der Waals surface area contributed by atoms with E-state index in [0.717, 1.165) is 12.1 Å². The number of ether oxygens (including phenoxy) is 1. The Hall–Kier alpha value is -2.26. The summed E-state index contributed by atoms with van der Waals surface area (Å²) >= 11 is 0. The Balaban J connectivity index is 1.86. The van der Waals surface area contributed by atoms with Crippen molar-refractivity contribution in [1.82, 2.24) is 15.5 Å². The van der Waals surface area contributed by atoms with Gasteiger partial charge in [0.05, 0.1) is 19.2 Å². The molecule has 2 rings (SSSR count). The van der Waals surface area contributed by atoms with Crippen LogP contribution >= 0.6 is 0 Å². The molecule has 0 bridgehead atoms. The highest BCUT2D eigenvalue weighted by Gasteiger charge is 2.35. The van der Waals surface area contributed by atoms with Crippen LogP contribution in [0, 0.1) is 11.6 Å². The van der Waals surface area contributed by atoms with Gasteiger partial charge < -0.3 is 20.5 Å². The number of urea groups is 1. The number of nitrogens with zero attached hydrogens (tertiary/aromatic N) is 1. The summed E-state index contributed by atoms with van der Waals surface area (Å²) in [6, 6.07) is 2.43. The number of nitrogens with one attached hydrogen (secondary N) is 2. The van der Waals surface area contributed by atoms with Gasteiger partial charge in [-0.05, 0) is 37.1 Å². The first-order chi connectivity index (χ1) is 12.8. The van der Waals surface area contributed by atoms with Crippen molar-refractivity contribution in [3.05, 3.63) is 35.4 Å². The third-order valence-electron chi connectivity index (χ3n) is 4.69. The lowest BCUT2D eigenvalue weighted by atomic mass is 9.85. The lowest BCUT2D eigenvalue weighted by Crippen LogP contribution is -2.56. The molecule has 1 fully saturated rings. The number of rotatable bonds is 9. The molecule has 1 aliphatic carbocycles. The van der Waals surface area contributed by atoms with Gasteiger partial charge in [0.2, 0.25) is 0 Å². The summed E-state index contributed by atoms with van der Waals surface area (Å²) in [6.45, 7) is 2.61. The number of carboxylic acids is 1. The third kappa shape index (κ3) is 5.86. The maximum Gasteiger partial charge on any atom is 0.317 e. The Labute approximate surface area is 156 Å². The van der Waals surface area contributed by atoms with E-state index in [9.17, 15) is 18.4 Å². The van der Waals surface area contributed by atoms with Gasteiger partial charge in [-0.3, -0.25) is 9.69 Å². The Kier molecular flexibility index (Phi) is 7.49. The zero-order valence-electron chi connectivity index (χ0n) is 15.4. The van der Waals surface area contributed by atoms with Crippen molar-refractivity contribution in [3.63, 3.8) is 0 Å². The van der Waals surface area contributed by atoms with Gasteiger partial charge in [-0.1, -0.05) is 13.0 Å². The summed E-state index contributed by atoms with van der Waals surface area (Å²) in [6.07, 6.45) is 1.32. The Morgan fingerprint density at radius 2 is 2.04 bits per heavy atom. The second kappa shape index (κ2) is 9.61. The van der Waals surface area contributed by atoms with E-state index in [0.29, 0.717) is 24.9 Å². The Bertz CT molecular complexity index is 668. The number of amides is 2. The van der Waals surface area contributed by atoms with Crippen LogP contribution in [0.15, 0.2) is 18.2 Å². The highest BCUT2D eigenvalue weighted by atomic mass is 19.2. The average molecular weight is 385 g/mol. The van der Waals surface area contributed by atoms with Crippen molar-refractivity contribution < 1.29 is 28.2 Å². The van der Waals surface area contributed by atoms with E-state index >= 15 is 0 Å². The molecule has 0 aliphatic heterocycles. The normalized spacial score (nSPS) is 20.0. The molecule has 1 aromatic carbocycles. The van der Waals surface area contributed by atoms with E-state index in [-0.39, 0.29) is 25.2 Å². The van der Waals surface area contributed by atoms with E-state index in [1.165, 1.54) is 13.2 Å². The second-order valence-corrected chi connectivity index (χ2v) is 6.58. The maximum atomic E-state index is 13.4. The van der Waals surface area contributed by atoms with Crippen LogP contribution in [0.4, 0.5) is 13.6 Å². The fraction of sp³-hybridized carbons (Fsp3) is 0.556. The number of carbonyl (C=O) groups excluding carboxylic acids is 1. The monoisotopic (exact) mass is 385 g/mol. The predicted octanol–water partition coefficient (Wildman–Crippen LogP) is 1.89. The molecule has 7 nitrogen and oxygen atoms in total. The molecule has 2 amide bonds. The first kappa shape index (κ1) is 21.0. The molecule has 1 unspecified atom stereocenters. The largest absolute Gasteiger partial charge is 0.480 e. The fourth-order valence-corrected chi connectivity index (χ4v) is 3.18. The molecule has 3 N–H and O–H groups in total. The van der Waals surface area contributed by atoms with E-state index in [4.69, 9.17) is 9.84 Å². The van der Waals surface area contributed by atoms with E-state index < -0.39 is 29.7 Å². The van der Waals surface area contributed by atoms with Gasteiger partial charge in [-0.2, -0.15) is 0 Å². The molecule has 150 valence electrons. The van der Waals surface area contributed by atoms with Crippen LogP contribution in [0.25, 0.3) is 0 Å². The molecule has 0 heterocycles. The highest BCUT2D eigenvalue weighted by Crippen LogP contribution is 2.25. The number of aliphatic carboxylic acids is 1. The number of hydrogen-bond donors (Lipinski definition) is 3. The summed E-state index contributed by atoms with van der Waals surface area (Å²) in [5, 5.41) is 14.4. The van der Waals surface area contributed by atoms with Crippen LogP contribution in [0.5, 0.6) is 0 Å². The second-order valence-electron chi connectivity index (χ2n) is 6.58. The lowest BCUT2D eigenvalue weighted by molar-refractivity contribution is -0.139. The molecule has 9 heteroatoms. The number of carboxylic acid groups (broad SMARTS) is 1. The van der Waals surface area contributed by atoms with Crippen molar-refractivity contribution in [2.45, 2.75) is 37.9 Å². The molecule has 1 aromatic rings. The van der Waals surface area contributed by atoms with Crippen molar-refractivity contribution >= 4 is 12.0 Å². The molecule has 1 aliphatic rings. The van der Waals surface area contributed by atoms with Gasteiger partial charge >= 0.3 is 12.0 Å². The SMILES string of the molecule is CCN(CC(=O)O)C1CC(NC(=O)NC(COC)c2ccc(F)c(F)c2)C1. The molecule has 0 saturated heterocycles. The molecule has 0 spiro atoms. The summed E-state index contributed by atoms with van der Waals surface area (Å²) in [5.41, 5.74) is 0.399. The van der Waals surface area contributed by atoms with Crippen LogP contribution in [0.3, 0.4) is 0 Å². The smallest absolute Gasteiger partial charge is 0.317 e. The molecular weight excluding hydrogens is 360 g/mol. The summed E-state index contributed by atoms with van der Waals surface area (Å²) in [4.78, 5) is 24.9. The van der Waals surface area contributed by atoms with Crippen LogP contribution < -0.4 is 10.6 Å². The zero-order valence-corrected chi connectivity index (χ0v) is 15.4. The summed E-state index contributed by atoms with van der Waals surface area (Å²) in [7, 11) is 1.45. The average Bonchev–Trinajstić information content (AvgIpc) is 2.58. The van der Waals surface area contributed by atoms with Crippen molar-refractivity contribution in [1.29, 1.82) is 0 Å². The van der Waals surface area contributed by atoms with Gasteiger partial charge in [0, 0.05) is 19.2 Å². The van der Waals surface area contributed by atoms with Gasteiger partial charge in [0.15, 0.2) is 11.6 Å². The third-order valence-corrected chi connectivity index (χ3v) is 4.69. The number of likely N-dealkylation sites (N-methyl/N-ethyl adjacent to an activating group) is 1. The molecule has 27 heavy (non-hydrogen) atoms. The van der Waals surface area contributed by atoms with Crippen molar-refractivity contribution in [2.24, 2.45) is 0 Å². The number of hydrogen-bond acceptors (Lipinski definition) is 4. The lowest BCUT2D eigenvalue weighted by Gasteiger charge is -2.42. The first-order valence-electron chi connectivity index (χ1n) is 8.80. The standard InChI is InChI=1S/C18H25F2N3O4/c1-3-23(9-17(24)25)13-7-12(8-13)21-18(26)22-16(10-27-2)11-4-5-14(19)15(20)6-11/h4-6,12-13,16H,3,7-10H2,1-2H3,(H,24,25)(H2,21,22,26). The Morgan fingerprint density at radius 1 is 1.33 bits per heavy atom. The van der Waals surface area contributed by atoms with Crippen molar-refractivity contribution in [2.75, 3.05) is 26.8 Å². The van der Waals surface area contributed by atoms with E-state index in [1.54, 1.807) is 0 Å². The number of halogens is 2. The summed E-state index contributed by atoms with van der Waals surface area (Å²) in [5.74, 6) is -2.82. The quantitative estimate of drug-likeness (QED) is 0.604. The fourth-order valence-electron chi connectivity index (χ4n) is 3.18. The molecule has 1 saturated carbocycles. The van der Waals surface area contributed by atoms with Gasteiger partial charge in [-0.15, -0.1) is 0 Å². The van der Waals surface area contributed by atoms with Crippen LogP contribution in [-0.2, 0) is 9.53 Å². The number of carbonyl (C=O) groups is 2.